The van der Waals surface area contributed by atoms with Gasteiger partial charge in [0.15, 0.2) is 0 Å². The molecule has 1 saturated heterocycles. The second kappa shape index (κ2) is 8.06. The summed E-state index contributed by atoms with van der Waals surface area (Å²) in [7, 11) is 0. The van der Waals surface area contributed by atoms with E-state index in [2.05, 4.69) is 0 Å². The average Bonchev–Trinajstić information content (AvgIpc) is 3.03. The van der Waals surface area contributed by atoms with E-state index in [9.17, 15) is 14.0 Å². The molecule has 5 nitrogen and oxygen atoms in total. The fourth-order valence-electron chi connectivity index (χ4n) is 2.79. The van der Waals surface area contributed by atoms with E-state index in [0.29, 0.717) is 18.7 Å². The maximum absolute atomic E-state index is 13.9. The van der Waals surface area contributed by atoms with E-state index in [1.807, 2.05) is 0 Å². The molecule has 0 spiro atoms. The predicted octanol–water partition coefficient (Wildman–Crippen LogP) is 2.41. The molecule has 0 saturated carbocycles. The van der Waals surface area contributed by atoms with Crippen LogP contribution in [0.4, 0.5) is 4.39 Å². The zero-order valence-corrected chi connectivity index (χ0v) is 13.2. The summed E-state index contributed by atoms with van der Waals surface area (Å²) in [6.07, 6.45) is 1.59. The molecule has 1 aliphatic heterocycles. The topological polar surface area (TPSA) is 66.8 Å². The number of benzene rings is 1. The summed E-state index contributed by atoms with van der Waals surface area (Å²) in [5, 5.41) is 8.88. The highest BCUT2D eigenvalue weighted by atomic mass is 19.1. The molecular weight excluding hydrogens is 301 g/mol. The largest absolute Gasteiger partial charge is 0.481 e. The molecule has 1 amide bonds. The van der Waals surface area contributed by atoms with E-state index >= 15 is 0 Å². The molecule has 0 radical (unpaired) electrons. The molecule has 0 aromatic heterocycles. The SMILES string of the molecule is C[C@@H](C(=O)N(CCC(=O)O)C[C@@H]1CCCO1)c1ccccc1F. The lowest BCUT2D eigenvalue weighted by Crippen LogP contribution is -2.41. The summed E-state index contributed by atoms with van der Waals surface area (Å²) in [5.41, 5.74) is 0.324. The van der Waals surface area contributed by atoms with Crippen LogP contribution >= 0.6 is 0 Å². The van der Waals surface area contributed by atoms with Crippen molar-refractivity contribution in [2.45, 2.75) is 38.2 Å². The fraction of sp³-hybridized carbons (Fsp3) is 0.529. The number of carboxylic acid groups (broad SMARTS) is 1. The zero-order valence-electron chi connectivity index (χ0n) is 13.2. The summed E-state index contributed by atoms with van der Waals surface area (Å²) < 4.78 is 19.4. The van der Waals surface area contributed by atoms with Crippen molar-refractivity contribution >= 4 is 11.9 Å². The zero-order chi connectivity index (χ0) is 16.8. The van der Waals surface area contributed by atoms with Crippen molar-refractivity contribution in [2.75, 3.05) is 19.7 Å². The van der Waals surface area contributed by atoms with Crippen LogP contribution in [0.1, 0.15) is 37.7 Å². The van der Waals surface area contributed by atoms with E-state index in [1.54, 1.807) is 25.1 Å². The van der Waals surface area contributed by atoms with E-state index < -0.39 is 17.7 Å². The second-order valence-electron chi connectivity index (χ2n) is 5.81. The molecule has 1 heterocycles. The third-order valence-electron chi connectivity index (χ3n) is 4.10. The Bertz CT molecular complexity index is 557. The Hall–Kier alpha value is -1.95. The van der Waals surface area contributed by atoms with Crippen LogP contribution in [-0.2, 0) is 14.3 Å². The van der Waals surface area contributed by atoms with Gasteiger partial charge in [0.2, 0.25) is 5.91 Å². The first-order valence-electron chi connectivity index (χ1n) is 7.85. The van der Waals surface area contributed by atoms with E-state index in [-0.39, 0.29) is 25.0 Å². The molecule has 0 aliphatic carbocycles. The van der Waals surface area contributed by atoms with Crippen molar-refractivity contribution in [3.05, 3.63) is 35.6 Å². The summed E-state index contributed by atoms with van der Waals surface area (Å²) in [6, 6.07) is 6.16. The first-order chi connectivity index (χ1) is 11.0. The number of ether oxygens (including phenoxy) is 1. The van der Waals surface area contributed by atoms with Gasteiger partial charge in [-0.15, -0.1) is 0 Å². The third-order valence-corrected chi connectivity index (χ3v) is 4.10. The van der Waals surface area contributed by atoms with Crippen molar-refractivity contribution in [3.8, 4) is 0 Å². The van der Waals surface area contributed by atoms with Gasteiger partial charge in [-0.1, -0.05) is 18.2 Å². The highest BCUT2D eigenvalue weighted by Gasteiger charge is 2.28. The number of hydrogen-bond donors (Lipinski definition) is 1. The van der Waals surface area contributed by atoms with Gasteiger partial charge in [-0.25, -0.2) is 4.39 Å². The maximum Gasteiger partial charge on any atom is 0.305 e. The smallest absolute Gasteiger partial charge is 0.305 e. The normalized spacial score (nSPS) is 18.6. The first-order valence-corrected chi connectivity index (χ1v) is 7.85. The van der Waals surface area contributed by atoms with E-state index in [4.69, 9.17) is 9.84 Å². The molecular formula is C17H22FNO4. The second-order valence-corrected chi connectivity index (χ2v) is 5.81. The van der Waals surface area contributed by atoms with Gasteiger partial charge >= 0.3 is 5.97 Å². The molecule has 6 heteroatoms. The lowest BCUT2D eigenvalue weighted by Gasteiger charge is -2.28. The van der Waals surface area contributed by atoms with Gasteiger partial charge in [0.1, 0.15) is 5.82 Å². The number of aliphatic carboxylic acids is 1. The van der Waals surface area contributed by atoms with E-state index in [0.717, 1.165) is 12.8 Å². The van der Waals surface area contributed by atoms with Crippen LogP contribution in [0.25, 0.3) is 0 Å². The lowest BCUT2D eigenvalue weighted by atomic mass is 9.98. The number of carbonyl (C=O) groups is 2. The van der Waals surface area contributed by atoms with Crippen LogP contribution in [0.2, 0.25) is 0 Å². The van der Waals surface area contributed by atoms with Gasteiger partial charge in [-0.05, 0) is 31.4 Å². The summed E-state index contributed by atoms with van der Waals surface area (Å²) >= 11 is 0. The summed E-state index contributed by atoms with van der Waals surface area (Å²) in [5.74, 6) is -2.32. The lowest BCUT2D eigenvalue weighted by molar-refractivity contribution is -0.139. The monoisotopic (exact) mass is 323 g/mol. The minimum absolute atomic E-state index is 0.0689. The van der Waals surface area contributed by atoms with Gasteiger partial charge in [0.05, 0.1) is 18.4 Å². The molecule has 1 aliphatic rings. The van der Waals surface area contributed by atoms with Gasteiger partial charge < -0.3 is 14.7 Å². The van der Waals surface area contributed by atoms with Gasteiger partial charge in [-0.2, -0.15) is 0 Å². The average molecular weight is 323 g/mol. The molecule has 126 valence electrons. The van der Waals surface area contributed by atoms with Crippen LogP contribution in [0.5, 0.6) is 0 Å². The van der Waals surface area contributed by atoms with Crippen LogP contribution in [0.15, 0.2) is 24.3 Å². The molecule has 1 fully saturated rings. The Morgan fingerprint density at radius 2 is 2.17 bits per heavy atom. The number of hydrogen-bond acceptors (Lipinski definition) is 3. The van der Waals surface area contributed by atoms with Crippen LogP contribution in [0, 0.1) is 5.82 Å². The number of carboxylic acids is 1. The minimum atomic E-state index is -0.964. The van der Waals surface area contributed by atoms with Crippen molar-refractivity contribution < 1.29 is 23.8 Å². The van der Waals surface area contributed by atoms with Crippen LogP contribution in [-0.4, -0.2) is 47.7 Å². The molecule has 1 N–H and O–H groups in total. The number of rotatable bonds is 7. The molecule has 1 aromatic rings. The summed E-state index contributed by atoms with van der Waals surface area (Å²) in [4.78, 5) is 25.0. The first kappa shape index (κ1) is 17.4. The van der Waals surface area contributed by atoms with Crippen LogP contribution < -0.4 is 0 Å². The Labute approximate surface area is 135 Å². The van der Waals surface area contributed by atoms with Crippen molar-refractivity contribution in [3.63, 3.8) is 0 Å². The molecule has 2 atom stereocenters. The Morgan fingerprint density at radius 3 is 2.78 bits per heavy atom. The quantitative estimate of drug-likeness (QED) is 0.837. The van der Waals surface area contributed by atoms with Crippen molar-refractivity contribution in [1.29, 1.82) is 0 Å². The minimum Gasteiger partial charge on any atom is -0.481 e. The van der Waals surface area contributed by atoms with E-state index in [1.165, 1.54) is 11.0 Å². The third kappa shape index (κ3) is 4.76. The number of nitrogens with zero attached hydrogens (tertiary/aromatic N) is 1. The van der Waals surface area contributed by atoms with Crippen LogP contribution in [0.3, 0.4) is 0 Å². The Balaban J connectivity index is 2.10. The molecule has 1 aromatic carbocycles. The summed E-state index contributed by atoms with van der Waals surface area (Å²) in [6.45, 7) is 2.76. The fourth-order valence-corrected chi connectivity index (χ4v) is 2.79. The standard InChI is InChI=1S/C17H22FNO4/c1-12(14-6-2-3-7-15(14)18)17(22)19(9-8-16(20)21)11-13-5-4-10-23-13/h2-3,6-7,12-13H,4-5,8-11H2,1H3,(H,20,21)/t12-,13+/m1/s1. The van der Waals surface area contributed by atoms with Crippen molar-refractivity contribution in [1.82, 2.24) is 4.90 Å². The Morgan fingerprint density at radius 1 is 1.43 bits per heavy atom. The number of carbonyl (C=O) groups excluding carboxylic acids is 1. The number of amides is 1. The van der Waals surface area contributed by atoms with Gasteiger partial charge in [0.25, 0.3) is 0 Å². The molecule has 0 unspecified atom stereocenters. The highest BCUT2D eigenvalue weighted by Crippen LogP contribution is 2.22. The predicted molar refractivity (Wildman–Crippen MR) is 82.6 cm³/mol. The molecule has 23 heavy (non-hydrogen) atoms. The van der Waals surface area contributed by atoms with Gasteiger partial charge in [0, 0.05) is 19.7 Å². The molecule has 2 rings (SSSR count). The Kier molecular flexibility index (Phi) is 6.10. The number of halogens is 1. The van der Waals surface area contributed by atoms with Crippen molar-refractivity contribution in [2.24, 2.45) is 0 Å². The van der Waals surface area contributed by atoms with Gasteiger partial charge in [-0.3, -0.25) is 9.59 Å². The maximum atomic E-state index is 13.9. The molecule has 0 bridgehead atoms. The highest BCUT2D eigenvalue weighted by molar-refractivity contribution is 5.83.